The number of carbonyl (C=O) groups is 1. The highest BCUT2D eigenvalue weighted by Gasteiger charge is 2.14. The van der Waals surface area contributed by atoms with Gasteiger partial charge in [0.15, 0.2) is 0 Å². The van der Waals surface area contributed by atoms with E-state index in [9.17, 15) is 4.79 Å². The molecule has 1 fully saturated rings. The van der Waals surface area contributed by atoms with Crippen LogP contribution in [0.3, 0.4) is 0 Å². The highest BCUT2D eigenvalue weighted by atomic mass is 16.5. The third-order valence-corrected chi connectivity index (χ3v) is 4.31. The van der Waals surface area contributed by atoms with E-state index in [0.29, 0.717) is 13.2 Å². The third kappa shape index (κ3) is 5.31. The van der Waals surface area contributed by atoms with Crippen molar-refractivity contribution in [2.24, 2.45) is 0 Å². The zero-order valence-electron chi connectivity index (χ0n) is 14.3. The first-order valence-corrected chi connectivity index (χ1v) is 8.65. The summed E-state index contributed by atoms with van der Waals surface area (Å²) < 4.78 is 11.8. The van der Waals surface area contributed by atoms with Crippen LogP contribution in [0, 0.1) is 0 Å². The molecule has 1 amide bonds. The van der Waals surface area contributed by atoms with Crippen molar-refractivity contribution in [1.82, 2.24) is 9.80 Å². The minimum absolute atomic E-state index is 0.525. The molecule has 5 nitrogen and oxygen atoms in total. The average molecular weight is 340 g/mol. The van der Waals surface area contributed by atoms with E-state index < -0.39 is 0 Å². The lowest BCUT2D eigenvalue weighted by Crippen LogP contribution is -2.46. The van der Waals surface area contributed by atoms with Crippen molar-refractivity contribution in [3.8, 4) is 11.5 Å². The van der Waals surface area contributed by atoms with Gasteiger partial charge in [0.05, 0.1) is 13.2 Å². The molecule has 0 bridgehead atoms. The van der Waals surface area contributed by atoms with Gasteiger partial charge in [0.1, 0.15) is 11.5 Å². The van der Waals surface area contributed by atoms with Crippen LogP contribution in [-0.4, -0.2) is 55.5 Å². The molecule has 0 atom stereocenters. The van der Waals surface area contributed by atoms with Crippen molar-refractivity contribution in [2.45, 2.75) is 6.61 Å². The van der Waals surface area contributed by atoms with Gasteiger partial charge in [-0.2, -0.15) is 0 Å². The van der Waals surface area contributed by atoms with Crippen molar-refractivity contribution in [3.63, 3.8) is 0 Å². The highest BCUT2D eigenvalue weighted by Crippen LogP contribution is 2.25. The third-order valence-electron chi connectivity index (χ3n) is 4.31. The molecule has 5 heteroatoms. The summed E-state index contributed by atoms with van der Waals surface area (Å²) in [6.45, 7) is 5.51. The number of para-hydroxylation sites is 2. The van der Waals surface area contributed by atoms with Gasteiger partial charge in [0.2, 0.25) is 6.41 Å². The number of piperazine rings is 1. The van der Waals surface area contributed by atoms with E-state index in [1.54, 1.807) is 0 Å². The second-order valence-corrected chi connectivity index (χ2v) is 6.06. The zero-order chi connectivity index (χ0) is 17.3. The fraction of sp³-hybridized carbons (Fsp3) is 0.350. The Balaban J connectivity index is 1.45. The number of carbonyl (C=O) groups excluding carboxylic acids is 1. The van der Waals surface area contributed by atoms with E-state index in [-0.39, 0.29) is 0 Å². The van der Waals surface area contributed by atoms with Crippen LogP contribution in [0.4, 0.5) is 0 Å². The van der Waals surface area contributed by atoms with E-state index in [4.69, 9.17) is 9.47 Å². The molecule has 25 heavy (non-hydrogen) atoms. The Morgan fingerprint density at radius 2 is 1.64 bits per heavy atom. The van der Waals surface area contributed by atoms with Gasteiger partial charge in [-0.3, -0.25) is 9.69 Å². The molecule has 0 unspecified atom stereocenters. The van der Waals surface area contributed by atoms with E-state index in [0.717, 1.165) is 56.2 Å². The van der Waals surface area contributed by atoms with E-state index in [1.807, 2.05) is 59.5 Å². The molecule has 0 spiro atoms. The second kappa shape index (κ2) is 9.20. The van der Waals surface area contributed by atoms with Gasteiger partial charge in [-0.05, 0) is 18.2 Å². The van der Waals surface area contributed by atoms with Gasteiger partial charge < -0.3 is 14.4 Å². The Morgan fingerprint density at radius 1 is 0.920 bits per heavy atom. The van der Waals surface area contributed by atoms with Crippen LogP contribution in [0.1, 0.15) is 5.56 Å². The Bertz CT molecular complexity index is 655. The van der Waals surface area contributed by atoms with Gasteiger partial charge in [-0.1, -0.05) is 36.4 Å². The lowest BCUT2D eigenvalue weighted by Gasteiger charge is -2.32. The number of benzene rings is 2. The van der Waals surface area contributed by atoms with E-state index in [2.05, 4.69) is 4.90 Å². The first-order chi connectivity index (χ1) is 12.3. The quantitative estimate of drug-likeness (QED) is 0.547. The number of hydrogen-bond acceptors (Lipinski definition) is 4. The van der Waals surface area contributed by atoms with Crippen LogP contribution < -0.4 is 4.74 Å². The monoisotopic (exact) mass is 340 g/mol. The smallest absolute Gasteiger partial charge is 0.209 e. The molecular weight excluding hydrogens is 316 g/mol. The van der Waals surface area contributed by atoms with E-state index >= 15 is 0 Å². The maximum absolute atomic E-state index is 10.7. The summed E-state index contributed by atoms with van der Waals surface area (Å²) in [5, 5.41) is 0. The zero-order valence-corrected chi connectivity index (χ0v) is 14.3. The van der Waals surface area contributed by atoms with Gasteiger partial charge >= 0.3 is 0 Å². The van der Waals surface area contributed by atoms with Crippen LogP contribution in [0.15, 0.2) is 54.6 Å². The average Bonchev–Trinajstić information content (AvgIpc) is 2.68. The highest BCUT2D eigenvalue weighted by molar-refractivity contribution is 5.47. The number of hydrogen-bond donors (Lipinski definition) is 0. The van der Waals surface area contributed by atoms with Crippen molar-refractivity contribution in [2.75, 3.05) is 39.3 Å². The van der Waals surface area contributed by atoms with Crippen LogP contribution in [0.2, 0.25) is 0 Å². The summed E-state index contributed by atoms with van der Waals surface area (Å²) in [6, 6.07) is 17.7. The van der Waals surface area contributed by atoms with Crippen molar-refractivity contribution < 1.29 is 14.3 Å². The maximum atomic E-state index is 10.7. The lowest BCUT2D eigenvalue weighted by molar-refractivity contribution is -0.119. The Hall–Kier alpha value is -2.37. The number of nitrogens with zero attached hydrogens (tertiary/aromatic N) is 2. The maximum Gasteiger partial charge on any atom is 0.209 e. The Labute approximate surface area is 148 Å². The molecule has 2 aromatic carbocycles. The minimum Gasteiger partial charge on any atom is -0.457 e. The fourth-order valence-corrected chi connectivity index (χ4v) is 2.81. The Kier molecular flexibility index (Phi) is 6.42. The summed E-state index contributed by atoms with van der Waals surface area (Å²) in [6.07, 6.45) is 0.928. The van der Waals surface area contributed by atoms with Crippen LogP contribution in [0.5, 0.6) is 11.5 Å². The molecule has 0 aliphatic carbocycles. The van der Waals surface area contributed by atoms with Gasteiger partial charge in [-0.25, -0.2) is 0 Å². The molecule has 0 saturated carbocycles. The Morgan fingerprint density at radius 3 is 2.40 bits per heavy atom. The number of amides is 1. The van der Waals surface area contributed by atoms with Crippen molar-refractivity contribution in [3.05, 3.63) is 60.2 Å². The summed E-state index contributed by atoms with van der Waals surface area (Å²) >= 11 is 0. The first kappa shape index (κ1) is 17.5. The lowest BCUT2D eigenvalue weighted by atomic mass is 10.2. The normalized spacial score (nSPS) is 15.1. The van der Waals surface area contributed by atoms with Crippen LogP contribution in [-0.2, 0) is 16.1 Å². The molecule has 3 rings (SSSR count). The number of ether oxygens (including phenoxy) is 2. The predicted molar refractivity (Wildman–Crippen MR) is 96.7 cm³/mol. The molecule has 1 saturated heterocycles. The van der Waals surface area contributed by atoms with Gasteiger partial charge in [0.25, 0.3) is 0 Å². The molecule has 0 aromatic heterocycles. The molecule has 0 N–H and O–H groups in total. The van der Waals surface area contributed by atoms with Crippen LogP contribution in [0.25, 0.3) is 0 Å². The topological polar surface area (TPSA) is 42.0 Å². The molecular formula is C20H24N2O3. The fourth-order valence-electron chi connectivity index (χ4n) is 2.81. The molecule has 2 aromatic rings. The SMILES string of the molecule is O=CN1CCN(CCOCc2ccccc2Oc2ccccc2)CC1. The summed E-state index contributed by atoms with van der Waals surface area (Å²) in [4.78, 5) is 14.9. The van der Waals surface area contributed by atoms with Gasteiger partial charge in [0, 0.05) is 38.3 Å². The van der Waals surface area contributed by atoms with Crippen molar-refractivity contribution >= 4 is 6.41 Å². The molecule has 1 heterocycles. The second-order valence-electron chi connectivity index (χ2n) is 6.06. The molecule has 0 radical (unpaired) electrons. The number of rotatable bonds is 8. The van der Waals surface area contributed by atoms with Crippen molar-refractivity contribution in [1.29, 1.82) is 0 Å². The standard InChI is InChI=1S/C20H24N2O3/c23-17-22-12-10-21(11-13-22)14-15-24-16-18-6-4-5-9-20(18)25-19-7-2-1-3-8-19/h1-9,17H,10-16H2. The molecule has 1 aliphatic heterocycles. The molecule has 1 aliphatic rings. The molecule has 132 valence electrons. The largest absolute Gasteiger partial charge is 0.457 e. The summed E-state index contributed by atoms with van der Waals surface area (Å²) in [5.41, 5.74) is 1.04. The van der Waals surface area contributed by atoms with E-state index in [1.165, 1.54) is 0 Å². The summed E-state index contributed by atoms with van der Waals surface area (Å²) in [5.74, 6) is 1.65. The first-order valence-electron chi connectivity index (χ1n) is 8.65. The van der Waals surface area contributed by atoms with Gasteiger partial charge in [-0.15, -0.1) is 0 Å². The van der Waals surface area contributed by atoms with Crippen LogP contribution >= 0.6 is 0 Å². The summed E-state index contributed by atoms with van der Waals surface area (Å²) in [7, 11) is 0. The minimum atomic E-state index is 0.525. The predicted octanol–water partition coefficient (Wildman–Crippen LogP) is 2.77.